The second-order valence-corrected chi connectivity index (χ2v) is 8.92. The van der Waals surface area contributed by atoms with Crippen LogP contribution >= 0.6 is 0 Å². The summed E-state index contributed by atoms with van der Waals surface area (Å²) in [7, 11) is -2.47. The molecule has 2 aromatic carbocycles. The maximum absolute atomic E-state index is 12.7. The van der Waals surface area contributed by atoms with Crippen molar-refractivity contribution in [2.24, 2.45) is 4.40 Å². The molecular weight excluding hydrogens is 474 g/mol. The smallest absolute Gasteiger partial charge is 0.344 e. The summed E-state index contributed by atoms with van der Waals surface area (Å²) in [6, 6.07) is 15.4. The van der Waals surface area contributed by atoms with Gasteiger partial charge in [0, 0.05) is 11.8 Å². The van der Waals surface area contributed by atoms with Crippen LogP contribution < -0.4 is 4.74 Å². The number of ether oxygens (including phenoxy) is 2. The summed E-state index contributed by atoms with van der Waals surface area (Å²) in [5.41, 5.74) is 1.77. The normalized spacial score (nSPS) is 14.5. The zero-order chi connectivity index (χ0) is 25.0. The Morgan fingerprint density at radius 3 is 2.51 bits per heavy atom. The van der Waals surface area contributed by atoms with E-state index in [9.17, 15) is 13.2 Å². The lowest BCUT2D eigenvalue weighted by Crippen LogP contribution is -2.31. The molecule has 2 heterocycles. The van der Waals surface area contributed by atoms with Crippen LogP contribution in [0, 0.1) is 11.3 Å². The van der Waals surface area contributed by atoms with Gasteiger partial charge in [-0.15, -0.1) is 4.40 Å². The number of nitriles is 1. The molecule has 178 valence electrons. The molecule has 0 saturated carbocycles. The Kier molecular flexibility index (Phi) is 6.61. The van der Waals surface area contributed by atoms with Gasteiger partial charge in [-0.25, -0.2) is 4.79 Å². The molecule has 0 N–H and O–H groups in total. The third-order valence-electron chi connectivity index (χ3n) is 4.99. The highest BCUT2D eigenvalue weighted by atomic mass is 32.2. The second kappa shape index (κ2) is 9.78. The summed E-state index contributed by atoms with van der Waals surface area (Å²) in [4.78, 5) is 16.9. The van der Waals surface area contributed by atoms with Crippen molar-refractivity contribution >= 4 is 21.9 Å². The maximum atomic E-state index is 12.7. The fourth-order valence-corrected chi connectivity index (χ4v) is 4.24. The third kappa shape index (κ3) is 5.36. The van der Waals surface area contributed by atoms with E-state index in [1.165, 1.54) is 20.2 Å². The highest BCUT2D eigenvalue weighted by molar-refractivity contribution is 7.88. The minimum absolute atomic E-state index is 0.00682. The average molecular weight is 494 g/mol. The fraction of sp³-hybridized carbons (Fsp3) is 0.174. The van der Waals surface area contributed by atoms with E-state index in [2.05, 4.69) is 14.5 Å². The Morgan fingerprint density at radius 1 is 1.14 bits per heavy atom. The van der Waals surface area contributed by atoms with Gasteiger partial charge in [-0.05, 0) is 48.9 Å². The van der Waals surface area contributed by atoms with Crippen molar-refractivity contribution in [3.63, 3.8) is 0 Å². The monoisotopic (exact) mass is 493 g/mol. The Hall–Kier alpha value is -4.50. The number of methoxy groups -OCH3 is 1. The van der Waals surface area contributed by atoms with E-state index in [1.807, 2.05) is 6.07 Å². The lowest BCUT2D eigenvalue weighted by molar-refractivity contribution is -0.140. The molecule has 0 bridgehead atoms. The van der Waals surface area contributed by atoms with Gasteiger partial charge in [0.1, 0.15) is 5.75 Å². The standard InChI is InChI=1S/C23H19N5O6S/c1-15-20(13-28(35(30,31)27-15)12-17-5-9-19(32-2)10-6-17)23(29)33-14-21-25-22(34-26-21)18-7-3-16(11-24)4-8-18/h3-10,13H,12,14H2,1-2H3. The molecule has 0 spiro atoms. The molecule has 0 atom stereocenters. The van der Waals surface area contributed by atoms with Crippen molar-refractivity contribution < 1.29 is 27.2 Å². The van der Waals surface area contributed by atoms with Gasteiger partial charge in [0.05, 0.1) is 36.6 Å². The summed E-state index contributed by atoms with van der Waals surface area (Å²) in [5.74, 6) is 0.164. The van der Waals surface area contributed by atoms with Crippen LogP contribution in [0.3, 0.4) is 0 Å². The topological polar surface area (TPSA) is 148 Å². The number of aromatic nitrogens is 2. The van der Waals surface area contributed by atoms with Gasteiger partial charge >= 0.3 is 16.2 Å². The van der Waals surface area contributed by atoms with E-state index in [1.54, 1.807) is 48.5 Å². The highest BCUT2D eigenvalue weighted by Crippen LogP contribution is 2.22. The molecule has 3 aromatic rings. The number of rotatable bonds is 7. The number of carbonyl (C=O) groups is 1. The first kappa shape index (κ1) is 23.7. The van der Waals surface area contributed by atoms with E-state index in [0.717, 1.165) is 4.31 Å². The molecular formula is C23H19N5O6S. The Morgan fingerprint density at radius 2 is 1.86 bits per heavy atom. The summed E-state index contributed by atoms with van der Waals surface area (Å²) in [5, 5.41) is 12.7. The van der Waals surface area contributed by atoms with Gasteiger partial charge < -0.3 is 14.0 Å². The number of nitrogens with zero attached hydrogens (tertiary/aromatic N) is 5. The molecule has 0 radical (unpaired) electrons. The van der Waals surface area contributed by atoms with Crippen molar-refractivity contribution in [3.05, 3.63) is 77.3 Å². The third-order valence-corrected chi connectivity index (χ3v) is 6.32. The first-order chi connectivity index (χ1) is 16.8. The summed E-state index contributed by atoms with van der Waals surface area (Å²) in [6.07, 6.45) is 1.20. The zero-order valence-electron chi connectivity index (χ0n) is 18.7. The van der Waals surface area contributed by atoms with Crippen molar-refractivity contribution in [2.45, 2.75) is 20.1 Å². The van der Waals surface area contributed by atoms with Gasteiger partial charge in [0.2, 0.25) is 5.82 Å². The van der Waals surface area contributed by atoms with E-state index in [4.69, 9.17) is 19.3 Å². The molecule has 0 saturated heterocycles. The summed E-state index contributed by atoms with van der Waals surface area (Å²) < 4.78 is 45.2. The molecule has 12 heteroatoms. The molecule has 0 unspecified atom stereocenters. The molecule has 0 fully saturated rings. The van der Waals surface area contributed by atoms with Crippen LogP contribution in [0.5, 0.6) is 5.75 Å². The molecule has 0 amide bonds. The number of carbonyl (C=O) groups excluding carboxylic acids is 1. The molecule has 11 nitrogen and oxygen atoms in total. The zero-order valence-corrected chi connectivity index (χ0v) is 19.5. The summed E-state index contributed by atoms with van der Waals surface area (Å²) in [6.45, 7) is 1.08. The lowest BCUT2D eigenvalue weighted by atomic mass is 10.1. The van der Waals surface area contributed by atoms with Gasteiger partial charge in [-0.2, -0.15) is 18.7 Å². The highest BCUT2D eigenvalue weighted by Gasteiger charge is 2.29. The molecule has 1 aromatic heterocycles. The predicted octanol–water partition coefficient (Wildman–Crippen LogP) is 2.77. The van der Waals surface area contributed by atoms with Gasteiger partial charge in [-0.1, -0.05) is 17.3 Å². The number of esters is 1. The Bertz CT molecular complexity index is 1450. The van der Waals surface area contributed by atoms with Crippen molar-refractivity contribution in [1.82, 2.24) is 14.4 Å². The quantitative estimate of drug-likeness (QED) is 0.453. The van der Waals surface area contributed by atoms with E-state index < -0.39 is 16.2 Å². The van der Waals surface area contributed by atoms with Gasteiger partial charge in [-0.3, -0.25) is 4.31 Å². The minimum Gasteiger partial charge on any atom is -0.497 e. The van der Waals surface area contributed by atoms with Crippen LogP contribution in [0.4, 0.5) is 0 Å². The average Bonchev–Trinajstić information content (AvgIpc) is 3.33. The first-order valence-corrected chi connectivity index (χ1v) is 11.6. The van der Waals surface area contributed by atoms with Crippen LogP contribution in [0.2, 0.25) is 0 Å². The van der Waals surface area contributed by atoms with E-state index in [-0.39, 0.29) is 36.2 Å². The number of hydrogen-bond acceptors (Lipinski definition) is 9. The van der Waals surface area contributed by atoms with E-state index >= 15 is 0 Å². The maximum Gasteiger partial charge on any atom is 0.344 e. The SMILES string of the molecule is COc1ccc(CN2C=C(C(=O)OCc3noc(-c4ccc(C#N)cc4)n3)C(C)=NS2(=O)=O)cc1. The van der Waals surface area contributed by atoms with Crippen LogP contribution in [0.15, 0.2) is 69.2 Å². The first-order valence-electron chi connectivity index (χ1n) is 10.2. The largest absolute Gasteiger partial charge is 0.497 e. The van der Waals surface area contributed by atoms with Gasteiger partial charge in [0.25, 0.3) is 5.89 Å². The van der Waals surface area contributed by atoms with Crippen LogP contribution in [-0.2, 0) is 32.9 Å². The van der Waals surface area contributed by atoms with Gasteiger partial charge in [0.15, 0.2) is 6.61 Å². The van der Waals surface area contributed by atoms with Crippen LogP contribution in [-0.4, -0.2) is 41.7 Å². The van der Waals surface area contributed by atoms with Crippen LogP contribution in [0.25, 0.3) is 11.5 Å². The molecule has 35 heavy (non-hydrogen) atoms. The molecule has 1 aliphatic rings. The Labute approximate surface area is 201 Å². The number of benzene rings is 2. The van der Waals surface area contributed by atoms with Crippen molar-refractivity contribution in [3.8, 4) is 23.3 Å². The predicted molar refractivity (Wildman–Crippen MR) is 123 cm³/mol. The molecule has 0 aliphatic carbocycles. The molecule has 1 aliphatic heterocycles. The summed E-state index contributed by atoms with van der Waals surface area (Å²) >= 11 is 0. The lowest BCUT2D eigenvalue weighted by Gasteiger charge is -2.23. The minimum atomic E-state index is -4.01. The van der Waals surface area contributed by atoms with Crippen molar-refractivity contribution in [1.29, 1.82) is 5.26 Å². The van der Waals surface area contributed by atoms with Crippen molar-refractivity contribution in [2.75, 3.05) is 7.11 Å². The fourth-order valence-electron chi connectivity index (χ4n) is 3.14. The number of hydrogen-bond donors (Lipinski definition) is 0. The van der Waals surface area contributed by atoms with E-state index in [0.29, 0.717) is 22.4 Å². The second-order valence-electron chi connectivity index (χ2n) is 7.37. The van der Waals surface area contributed by atoms with Crippen LogP contribution in [0.1, 0.15) is 23.9 Å². The Balaban J connectivity index is 1.45. The molecule has 4 rings (SSSR count).